The van der Waals surface area contributed by atoms with E-state index in [0.29, 0.717) is 12.8 Å². The van der Waals surface area contributed by atoms with Crippen molar-refractivity contribution in [3.63, 3.8) is 0 Å². The molecule has 360 valence electrons. The Morgan fingerprint density at radius 3 is 1.05 bits per heavy atom. The first-order valence-corrected chi connectivity index (χ1v) is 26.6. The van der Waals surface area contributed by atoms with Gasteiger partial charge in [0.25, 0.3) is 0 Å². The zero-order valence-electron chi connectivity index (χ0n) is 41.3. The lowest BCUT2D eigenvalue weighted by Crippen LogP contribution is -2.45. The summed E-state index contributed by atoms with van der Waals surface area (Å²) in [4.78, 5) is 12.5. The van der Waals surface area contributed by atoms with E-state index in [9.17, 15) is 15.0 Å². The van der Waals surface area contributed by atoms with E-state index in [4.69, 9.17) is 0 Å². The highest BCUT2D eigenvalue weighted by Crippen LogP contribution is 2.16. The largest absolute Gasteiger partial charge is 0.394 e. The van der Waals surface area contributed by atoms with Gasteiger partial charge in [0.15, 0.2) is 0 Å². The molecule has 0 aliphatic heterocycles. The van der Waals surface area contributed by atoms with Gasteiger partial charge in [0.05, 0.1) is 18.8 Å². The molecule has 0 rings (SSSR count). The van der Waals surface area contributed by atoms with Crippen LogP contribution in [0.15, 0.2) is 109 Å². The lowest BCUT2D eigenvalue weighted by Gasteiger charge is -2.22. The highest BCUT2D eigenvalue weighted by atomic mass is 16.3. The van der Waals surface area contributed by atoms with Gasteiger partial charge in [-0.2, -0.15) is 0 Å². The van der Waals surface area contributed by atoms with Gasteiger partial charge in [-0.3, -0.25) is 4.79 Å². The van der Waals surface area contributed by atoms with Crippen molar-refractivity contribution < 1.29 is 15.0 Å². The lowest BCUT2D eigenvalue weighted by atomic mass is 10.0. The number of unbranched alkanes of at least 4 members (excludes halogenated alkanes) is 22. The molecule has 0 fully saturated rings. The Hall–Kier alpha value is -2.95. The second kappa shape index (κ2) is 53.4. The molecule has 0 heterocycles. The normalized spacial score (nSPS) is 13.8. The van der Waals surface area contributed by atoms with Crippen molar-refractivity contribution in [2.24, 2.45) is 0 Å². The molecule has 3 N–H and O–H groups in total. The highest BCUT2D eigenvalue weighted by Gasteiger charge is 2.20. The monoisotopic (exact) mass is 872 g/mol. The van der Waals surface area contributed by atoms with Gasteiger partial charge in [-0.05, 0) is 83.5 Å². The Labute approximate surface area is 391 Å². The van der Waals surface area contributed by atoms with Crippen LogP contribution in [0.25, 0.3) is 0 Å². The molecule has 0 aromatic carbocycles. The molecule has 1 amide bonds. The molecule has 2 unspecified atom stereocenters. The molecule has 0 saturated carbocycles. The summed E-state index contributed by atoms with van der Waals surface area (Å²) in [6.07, 6.45) is 80.5. The number of carbonyl (C=O) groups excluding carboxylic acids is 1. The van der Waals surface area contributed by atoms with Crippen molar-refractivity contribution >= 4 is 5.91 Å². The predicted molar refractivity (Wildman–Crippen MR) is 280 cm³/mol. The minimum absolute atomic E-state index is 0.0535. The van der Waals surface area contributed by atoms with Crippen LogP contribution in [0.2, 0.25) is 0 Å². The van der Waals surface area contributed by atoms with Crippen LogP contribution in [0, 0.1) is 0 Å². The molecule has 0 aromatic rings. The molecule has 0 aliphatic carbocycles. The number of hydrogen-bond acceptors (Lipinski definition) is 3. The van der Waals surface area contributed by atoms with E-state index in [1.807, 2.05) is 0 Å². The fraction of sp³-hybridized carbons (Fsp3) is 0.678. The van der Waals surface area contributed by atoms with Crippen LogP contribution in [-0.4, -0.2) is 34.9 Å². The maximum absolute atomic E-state index is 12.5. The summed E-state index contributed by atoms with van der Waals surface area (Å²) in [5.74, 6) is -0.0535. The van der Waals surface area contributed by atoms with E-state index in [1.54, 1.807) is 0 Å². The van der Waals surface area contributed by atoms with Crippen molar-refractivity contribution in [2.45, 2.75) is 251 Å². The van der Waals surface area contributed by atoms with Crippen molar-refractivity contribution in [3.8, 4) is 0 Å². The van der Waals surface area contributed by atoms with Gasteiger partial charge in [-0.25, -0.2) is 0 Å². The molecule has 0 aromatic heterocycles. The Balaban J connectivity index is 3.64. The van der Waals surface area contributed by atoms with Crippen LogP contribution >= 0.6 is 0 Å². The van der Waals surface area contributed by atoms with Gasteiger partial charge in [-0.1, -0.05) is 258 Å². The van der Waals surface area contributed by atoms with Gasteiger partial charge >= 0.3 is 0 Å². The van der Waals surface area contributed by atoms with Gasteiger partial charge < -0.3 is 15.5 Å². The van der Waals surface area contributed by atoms with E-state index >= 15 is 0 Å². The quantitative estimate of drug-likeness (QED) is 0.0421. The molecule has 0 aliphatic rings. The van der Waals surface area contributed by atoms with E-state index in [-0.39, 0.29) is 12.5 Å². The van der Waals surface area contributed by atoms with Crippen molar-refractivity contribution in [2.75, 3.05) is 6.61 Å². The summed E-state index contributed by atoms with van der Waals surface area (Å²) < 4.78 is 0. The second-order valence-electron chi connectivity index (χ2n) is 17.6. The molecule has 4 heteroatoms. The highest BCUT2D eigenvalue weighted by molar-refractivity contribution is 5.76. The van der Waals surface area contributed by atoms with Crippen molar-refractivity contribution in [3.05, 3.63) is 109 Å². The number of aliphatic hydroxyl groups is 2. The lowest BCUT2D eigenvalue weighted by molar-refractivity contribution is -0.123. The van der Waals surface area contributed by atoms with Crippen LogP contribution in [0.4, 0.5) is 0 Å². The Morgan fingerprint density at radius 1 is 0.397 bits per heavy atom. The maximum Gasteiger partial charge on any atom is 0.220 e. The fourth-order valence-corrected chi connectivity index (χ4v) is 7.53. The molecule has 0 radical (unpaired) electrons. The first-order valence-electron chi connectivity index (χ1n) is 26.6. The zero-order chi connectivity index (χ0) is 45.6. The third-order valence-electron chi connectivity index (χ3n) is 11.5. The molecular weight excluding hydrogens is 771 g/mol. The average Bonchev–Trinajstić information content (AvgIpc) is 3.29. The minimum Gasteiger partial charge on any atom is -0.394 e. The van der Waals surface area contributed by atoms with Gasteiger partial charge in [0.1, 0.15) is 0 Å². The fourth-order valence-electron chi connectivity index (χ4n) is 7.53. The van der Waals surface area contributed by atoms with Gasteiger partial charge in [-0.15, -0.1) is 0 Å². The maximum atomic E-state index is 12.5. The summed E-state index contributed by atoms with van der Waals surface area (Å²) in [6.45, 7) is 4.24. The molecule has 0 spiro atoms. The SMILES string of the molecule is CC/C=C\C/C=C\C/C=C\C/C=C\C/C=C\C/C=C\C/C=C\C/C=C\C/C=C\CCCCCCCC(=O)NC(CO)C(O)CCCCCCCCCCCCCCCCCCCC. The van der Waals surface area contributed by atoms with Crippen molar-refractivity contribution in [1.29, 1.82) is 0 Å². The predicted octanol–water partition coefficient (Wildman–Crippen LogP) is 17.5. The minimum atomic E-state index is -0.676. The summed E-state index contributed by atoms with van der Waals surface area (Å²) in [7, 11) is 0. The number of nitrogens with one attached hydrogen (secondary N) is 1. The summed E-state index contributed by atoms with van der Waals surface area (Å²) in [5, 5.41) is 23.3. The number of hydrogen-bond donors (Lipinski definition) is 3. The van der Waals surface area contributed by atoms with E-state index in [1.165, 1.54) is 116 Å². The van der Waals surface area contributed by atoms with Crippen LogP contribution < -0.4 is 5.32 Å². The van der Waals surface area contributed by atoms with Crippen molar-refractivity contribution in [1.82, 2.24) is 5.32 Å². The van der Waals surface area contributed by atoms with E-state index in [2.05, 4.69) is 129 Å². The molecule has 4 nitrogen and oxygen atoms in total. The molecular formula is C59H101NO3. The summed E-state index contributed by atoms with van der Waals surface area (Å²) >= 11 is 0. The third-order valence-corrected chi connectivity index (χ3v) is 11.5. The van der Waals surface area contributed by atoms with Gasteiger partial charge in [0, 0.05) is 6.42 Å². The van der Waals surface area contributed by atoms with E-state index < -0.39 is 12.1 Å². The molecule has 2 atom stereocenters. The first-order chi connectivity index (χ1) is 31.2. The standard InChI is InChI=1S/C59H101NO3/c1-3-5-7-9-11-13-15-17-19-21-23-24-25-26-27-28-29-30-31-32-33-34-35-36-37-39-41-43-45-47-49-51-53-55-59(63)60-57(56-61)58(62)54-52-50-48-46-44-42-40-38-22-20-18-16-14-12-10-8-6-4-2/h5,7,11,13,17,19,23-24,26-27,29-30,32-33,35-36,39,41,57-58,61-62H,3-4,6,8-10,12,14-16,18,20-22,25,28,31,34,37-38,40,42-56H2,1-2H3,(H,60,63)/b7-5-,13-11-,19-17-,24-23-,27-26-,30-29-,33-32-,36-35-,41-39-. The molecule has 0 saturated heterocycles. The number of carbonyl (C=O) groups is 1. The van der Waals surface area contributed by atoms with E-state index in [0.717, 1.165) is 96.3 Å². The van der Waals surface area contributed by atoms with Gasteiger partial charge in [0.2, 0.25) is 5.91 Å². The van der Waals surface area contributed by atoms with Crippen LogP contribution in [0.5, 0.6) is 0 Å². The van der Waals surface area contributed by atoms with Crippen LogP contribution in [-0.2, 0) is 4.79 Å². The zero-order valence-corrected chi connectivity index (χ0v) is 41.3. The molecule has 63 heavy (non-hydrogen) atoms. The number of amides is 1. The number of aliphatic hydroxyl groups excluding tert-OH is 2. The smallest absolute Gasteiger partial charge is 0.220 e. The second-order valence-corrected chi connectivity index (χ2v) is 17.6. The van der Waals surface area contributed by atoms with Crippen LogP contribution in [0.1, 0.15) is 239 Å². The topological polar surface area (TPSA) is 69.6 Å². The number of rotatable bonds is 47. The summed E-state index contributed by atoms with van der Waals surface area (Å²) in [5.41, 5.74) is 0. The molecule has 0 bridgehead atoms. The Kier molecular flexibility index (Phi) is 50.9. The summed E-state index contributed by atoms with van der Waals surface area (Å²) in [6, 6.07) is -0.555. The third kappa shape index (κ3) is 49.9. The average molecular weight is 872 g/mol. The Bertz CT molecular complexity index is 1220. The number of allylic oxidation sites excluding steroid dienone is 18. The Morgan fingerprint density at radius 2 is 0.698 bits per heavy atom. The first kappa shape index (κ1) is 60.1. The van der Waals surface area contributed by atoms with Crippen LogP contribution in [0.3, 0.4) is 0 Å².